The number of carbonyl (C=O) groups is 2. The van der Waals surface area contributed by atoms with Crippen LogP contribution in [0.5, 0.6) is 17.2 Å². The minimum atomic E-state index is -0.562. The van der Waals surface area contributed by atoms with Gasteiger partial charge in [0.05, 0.1) is 13.7 Å². The van der Waals surface area contributed by atoms with Crippen LogP contribution in [0.2, 0.25) is 0 Å². The molecule has 0 radical (unpaired) electrons. The fourth-order valence-corrected chi connectivity index (χ4v) is 2.29. The molecule has 0 amide bonds. The first-order valence-corrected chi connectivity index (χ1v) is 8.44. The molecule has 6 heteroatoms. The predicted octanol–water partition coefficient (Wildman–Crippen LogP) is 3.82. The Bertz CT molecular complexity index is 865. The van der Waals surface area contributed by atoms with Crippen molar-refractivity contribution in [1.82, 2.24) is 0 Å². The van der Waals surface area contributed by atoms with E-state index in [2.05, 4.69) is 13.2 Å². The van der Waals surface area contributed by atoms with Gasteiger partial charge in [0.15, 0.2) is 11.5 Å². The Morgan fingerprint density at radius 2 is 1.36 bits per heavy atom. The van der Waals surface area contributed by atoms with Crippen molar-refractivity contribution in [2.75, 3.05) is 7.11 Å². The number of benzene rings is 2. The summed E-state index contributed by atoms with van der Waals surface area (Å²) in [5, 5.41) is 9.63. The molecule has 0 saturated carbocycles. The molecule has 0 atom stereocenters. The molecule has 0 unspecified atom stereocenters. The van der Waals surface area contributed by atoms with E-state index in [4.69, 9.17) is 14.2 Å². The minimum absolute atomic E-state index is 0.262. The quantitative estimate of drug-likeness (QED) is 0.445. The second-order valence-electron chi connectivity index (χ2n) is 6.19. The normalized spacial score (nSPS) is 10.1. The number of aliphatic hydroxyl groups excluding tert-OH is 1. The monoisotopic (exact) mass is 382 g/mol. The Morgan fingerprint density at radius 1 is 0.857 bits per heavy atom. The summed E-state index contributed by atoms with van der Waals surface area (Å²) in [4.78, 5) is 23.5. The van der Waals surface area contributed by atoms with Crippen LogP contribution in [0.1, 0.15) is 19.4 Å². The van der Waals surface area contributed by atoms with E-state index >= 15 is 0 Å². The third kappa shape index (κ3) is 4.86. The highest BCUT2D eigenvalue weighted by Crippen LogP contribution is 2.34. The van der Waals surface area contributed by atoms with Crippen molar-refractivity contribution in [1.29, 1.82) is 0 Å². The van der Waals surface area contributed by atoms with Crippen LogP contribution in [-0.4, -0.2) is 24.2 Å². The van der Waals surface area contributed by atoms with Crippen molar-refractivity contribution < 1.29 is 28.9 Å². The van der Waals surface area contributed by atoms with Gasteiger partial charge in [-0.1, -0.05) is 25.3 Å². The number of hydrogen-bond donors (Lipinski definition) is 1. The highest BCUT2D eigenvalue weighted by molar-refractivity contribution is 5.90. The molecule has 0 heterocycles. The number of esters is 2. The Labute approximate surface area is 163 Å². The van der Waals surface area contributed by atoms with Gasteiger partial charge < -0.3 is 19.3 Å². The average Bonchev–Trinajstić information content (AvgIpc) is 2.68. The van der Waals surface area contributed by atoms with Crippen molar-refractivity contribution in [3.05, 3.63) is 66.3 Å². The van der Waals surface area contributed by atoms with Crippen molar-refractivity contribution in [3.63, 3.8) is 0 Å². The standard InChI is InChI=1S/C22H22O6/c1-13(2)21(24)27-18-8-6-15(10-17(18)12-23)16-7-9-19(20(11-16)26-5)28-22(25)14(3)4/h6-11,23H,1,3,12H2,2,4-5H3. The van der Waals surface area contributed by atoms with Gasteiger partial charge in [-0.3, -0.25) is 0 Å². The Balaban J connectivity index is 2.36. The minimum Gasteiger partial charge on any atom is -0.493 e. The van der Waals surface area contributed by atoms with Gasteiger partial charge in [-0.25, -0.2) is 9.59 Å². The van der Waals surface area contributed by atoms with E-state index in [1.807, 2.05) is 0 Å². The highest BCUT2D eigenvalue weighted by Gasteiger charge is 2.14. The lowest BCUT2D eigenvalue weighted by Gasteiger charge is -2.13. The summed E-state index contributed by atoms with van der Waals surface area (Å²) in [6.07, 6.45) is 0. The first kappa shape index (κ1) is 20.9. The molecule has 0 saturated heterocycles. The summed E-state index contributed by atoms with van der Waals surface area (Å²) in [6.45, 7) is 9.88. The smallest absolute Gasteiger partial charge is 0.338 e. The van der Waals surface area contributed by atoms with Gasteiger partial charge in [0.1, 0.15) is 5.75 Å². The Hall–Kier alpha value is -3.38. The van der Waals surface area contributed by atoms with Crippen molar-refractivity contribution in [2.24, 2.45) is 0 Å². The average molecular weight is 382 g/mol. The molecular formula is C22H22O6. The van der Waals surface area contributed by atoms with E-state index in [1.54, 1.807) is 50.2 Å². The molecule has 0 fully saturated rings. The van der Waals surface area contributed by atoms with Crippen LogP contribution in [0.3, 0.4) is 0 Å². The van der Waals surface area contributed by atoms with Crippen molar-refractivity contribution >= 4 is 11.9 Å². The van der Waals surface area contributed by atoms with Crippen LogP contribution in [-0.2, 0) is 16.2 Å². The lowest BCUT2D eigenvalue weighted by molar-refractivity contribution is -0.131. The molecule has 2 aromatic rings. The van der Waals surface area contributed by atoms with E-state index in [0.717, 1.165) is 11.1 Å². The van der Waals surface area contributed by atoms with Gasteiger partial charge in [-0.15, -0.1) is 0 Å². The third-order valence-electron chi connectivity index (χ3n) is 3.83. The second kappa shape index (κ2) is 9.01. The molecule has 0 bridgehead atoms. The maximum absolute atomic E-state index is 11.7. The summed E-state index contributed by atoms with van der Waals surface area (Å²) < 4.78 is 15.8. The first-order chi connectivity index (χ1) is 13.3. The summed E-state index contributed by atoms with van der Waals surface area (Å²) in [5.74, 6) is -0.201. The molecule has 1 N–H and O–H groups in total. The summed E-state index contributed by atoms with van der Waals surface area (Å²) >= 11 is 0. The maximum Gasteiger partial charge on any atom is 0.338 e. The van der Waals surface area contributed by atoms with Gasteiger partial charge >= 0.3 is 11.9 Å². The molecule has 0 aliphatic rings. The number of methoxy groups -OCH3 is 1. The zero-order valence-electron chi connectivity index (χ0n) is 16.1. The Morgan fingerprint density at radius 3 is 1.86 bits per heavy atom. The Kier molecular flexibility index (Phi) is 6.74. The fraction of sp³-hybridized carbons (Fsp3) is 0.182. The second-order valence-corrected chi connectivity index (χ2v) is 6.19. The van der Waals surface area contributed by atoms with Crippen LogP contribution in [0, 0.1) is 0 Å². The number of rotatable bonds is 7. The molecule has 6 nitrogen and oxygen atoms in total. The van der Waals surface area contributed by atoms with E-state index in [0.29, 0.717) is 11.3 Å². The van der Waals surface area contributed by atoms with Crippen LogP contribution >= 0.6 is 0 Å². The molecule has 2 aromatic carbocycles. The fourth-order valence-electron chi connectivity index (χ4n) is 2.29. The zero-order valence-corrected chi connectivity index (χ0v) is 16.1. The van der Waals surface area contributed by atoms with Crippen molar-refractivity contribution in [2.45, 2.75) is 20.5 Å². The van der Waals surface area contributed by atoms with Crippen LogP contribution < -0.4 is 14.2 Å². The maximum atomic E-state index is 11.7. The van der Waals surface area contributed by atoms with Crippen molar-refractivity contribution in [3.8, 4) is 28.4 Å². The molecule has 0 aliphatic carbocycles. The SMILES string of the molecule is C=C(C)C(=O)Oc1ccc(-c2ccc(OC(=O)C(=C)C)c(OC)c2)cc1CO. The largest absolute Gasteiger partial charge is 0.493 e. The lowest BCUT2D eigenvalue weighted by atomic mass is 10.0. The summed E-state index contributed by atoms with van der Waals surface area (Å²) in [5.41, 5.74) is 2.51. The van der Waals surface area contributed by atoms with Crippen LogP contribution in [0.15, 0.2) is 60.7 Å². The molecule has 2 rings (SSSR count). The summed E-state index contributed by atoms with van der Waals surface area (Å²) in [7, 11) is 1.47. The number of carbonyl (C=O) groups excluding carboxylic acids is 2. The van der Waals surface area contributed by atoms with E-state index in [-0.39, 0.29) is 29.3 Å². The van der Waals surface area contributed by atoms with Crippen LogP contribution in [0.25, 0.3) is 11.1 Å². The zero-order chi connectivity index (χ0) is 20.8. The van der Waals surface area contributed by atoms with Gasteiger partial charge in [0, 0.05) is 16.7 Å². The van der Waals surface area contributed by atoms with Gasteiger partial charge in [0.2, 0.25) is 0 Å². The summed E-state index contributed by atoms with van der Waals surface area (Å²) in [6, 6.07) is 10.1. The molecule has 146 valence electrons. The van der Waals surface area contributed by atoms with E-state index in [9.17, 15) is 14.7 Å². The van der Waals surface area contributed by atoms with Gasteiger partial charge in [0.25, 0.3) is 0 Å². The third-order valence-corrected chi connectivity index (χ3v) is 3.83. The number of aliphatic hydroxyl groups is 1. The molecule has 28 heavy (non-hydrogen) atoms. The van der Waals surface area contributed by atoms with Gasteiger partial charge in [-0.05, 0) is 49.2 Å². The highest BCUT2D eigenvalue weighted by atomic mass is 16.6. The molecule has 0 spiro atoms. The number of ether oxygens (including phenoxy) is 3. The van der Waals surface area contributed by atoms with E-state index in [1.165, 1.54) is 7.11 Å². The molecular weight excluding hydrogens is 360 g/mol. The first-order valence-electron chi connectivity index (χ1n) is 8.44. The van der Waals surface area contributed by atoms with Crippen LogP contribution in [0.4, 0.5) is 0 Å². The molecule has 0 aliphatic heterocycles. The van der Waals surface area contributed by atoms with E-state index < -0.39 is 11.9 Å². The predicted molar refractivity (Wildman–Crippen MR) is 105 cm³/mol. The lowest BCUT2D eigenvalue weighted by Crippen LogP contribution is -2.10. The topological polar surface area (TPSA) is 82.1 Å². The number of hydrogen-bond acceptors (Lipinski definition) is 6. The van der Waals surface area contributed by atoms with Gasteiger partial charge in [-0.2, -0.15) is 0 Å². The molecule has 0 aromatic heterocycles.